The fourth-order valence-corrected chi connectivity index (χ4v) is 4.70. The number of hydrogen-bond donors (Lipinski definition) is 1. The van der Waals surface area contributed by atoms with Crippen molar-refractivity contribution in [3.05, 3.63) is 100 Å². The van der Waals surface area contributed by atoms with E-state index in [-0.39, 0.29) is 23.8 Å². The maximum Gasteiger partial charge on any atom is 0.416 e. The van der Waals surface area contributed by atoms with Crippen LogP contribution >= 0.6 is 0 Å². The van der Waals surface area contributed by atoms with Crippen LogP contribution in [0.25, 0.3) is 0 Å². The molecule has 1 N–H and O–H groups in total. The van der Waals surface area contributed by atoms with E-state index in [1.807, 2.05) is 30.3 Å². The van der Waals surface area contributed by atoms with E-state index < -0.39 is 35.2 Å². The molecule has 4 rings (SSSR count). The lowest BCUT2D eigenvalue weighted by Gasteiger charge is -2.38. The second-order valence-electron chi connectivity index (χ2n) is 9.49. The molecule has 2 amide bonds. The SMILES string of the molecule is Cc1cc(CN2CCC(N(Cc3ccccc3)C(=O)Nc3cc(F)cc(C(F)(F)F)c3)CC2)cc(F)c1F. The minimum absolute atomic E-state index is 0.209. The largest absolute Gasteiger partial charge is 0.416 e. The zero-order valence-electron chi connectivity index (χ0n) is 20.7. The van der Waals surface area contributed by atoms with Crippen molar-refractivity contribution in [2.45, 2.75) is 45.1 Å². The molecule has 4 nitrogen and oxygen atoms in total. The van der Waals surface area contributed by atoms with Crippen LogP contribution in [0.4, 0.5) is 36.8 Å². The number of carbonyl (C=O) groups excluding carboxylic acids is 1. The van der Waals surface area contributed by atoms with E-state index in [1.54, 1.807) is 11.0 Å². The number of likely N-dealkylation sites (tertiary alicyclic amines) is 1. The lowest BCUT2D eigenvalue weighted by atomic mass is 10.0. The molecule has 1 saturated heterocycles. The Hall–Kier alpha value is -3.53. The molecule has 0 atom stereocenters. The van der Waals surface area contributed by atoms with Gasteiger partial charge in [0.15, 0.2) is 11.6 Å². The van der Waals surface area contributed by atoms with Gasteiger partial charge in [-0.2, -0.15) is 13.2 Å². The molecule has 1 heterocycles. The number of nitrogens with zero attached hydrogens (tertiary/aromatic N) is 2. The molecule has 3 aromatic carbocycles. The molecule has 1 fully saturated rings. The van der Waals surface area contributed by atoms with Crippen LogP contribution in [0.3, 0.4) is 0 Å². The van der Waals surface area contributed by atoms with Gasteiger partial charge in [0.1, 0.15) is 5.82 Å². The Bertz CT molecular complexity index is 1250. The predicted octanol–water partition coefficient (Wildman–Crippen LogP) is 7.13. The third-order valence-corrected chi connectivity index (χ3v) is 6.61. The first-order valence-electron chi connectivity index (χ1n) is 12.2. The first-order valence-corrected chi connectivity index (χ1v) is 12.2. The molecule has 0 spiro atoms. The number of anilines is 1. The van der Waals surface area contributed by atoms with Gasteiger partial charge in [-0.1, -0.05) is 36.4 Å². The van der Waals surface area contributed by atoms with E-state index in [1.165, 1.54) is 13.0 Å². The first kappa shape index (κ1) is 27.5. The number of piperidine rings is 1. The first-order chi connectivity index (χ1) is 18.0. The van der Waals surface area contributed by atoms with Crippen molar-refractivity contribution in [2.75, 3.05) is 18.4 Å². The fourth-order valence-electron chi connectivity index (χ4n) is 4.70. The Morgan fingerprint density at radius 2 is 1.66 bits per heavy atom. The smallest absolute Gasteiger partial charge is 0.317 e. The minimum atomic E-state index is -4.76. The summed E-state index contributed by atoms with van der Waals surface area (Å²) < 4.78 is 80.8. The molecule has 1 aliphatic rings. The van der Waals surface area contributed by atoms with Crippen LogP contribution in [0, 0.1) is 24.4 Å². The molecule has 0 saturated carbocycles. The molecule has 0 aliphatic carbocycles. The molecule has 38 heavy (non-hydrogen) atoms. The number of rotatable bonds is 6. The average Bonchev–Trinajstić information content (AvgIpc) is 2.86. The number of halogens is 6. The Labute approximate surface area is 216 Å². The molecule has 3 aromatic rings. The Morgan fingerprint density at radius 3 is 2.29 bits per heavy atom. The molecule has 0 aromatic heterocycles. The zero-order chi connectivity index (χ0) is 27.4. The van der Waals surface area contributed by atoms with Gasteiger partial charge >= 0.3 is 12.2 Å². The molecule has 0 radical (unpaired) electrons. The maximum atomic E-state index is 13.9. The topological polar surface area (TPSA) is 35.6 Å². The van der Waals surface area contributed by atoms with Crippen LogP contribution in [0.1, 0.15) is 35.1 Å². The monoisotopic (exact) mass is 535 g/mol. The normalized spacial score (nSPS) is 14.9. The number of nitrogens with one attached hydrogen (secondary N) is 1. The Balaban J connectivity index is 1.48. The van der Waals surface area contributed by atoms with Crippen molar-refractivity contribution < 1.29 is 31.1 Å². The van der Waals surface area contributed by atoms with Crippen LogP contribution in [0.15, 0.2) is 60.7 Å². The number of alkyl halides is 3. The highest BCUT2D eigenvalue weighted by atomic mass is 19.4. The number of carbonyl (C=O) groups is 1. The highest BCUT2D eigenvalue weighted by Gasteiger charge is 2.32. The van der Waals surface area contributed by atoms with E-state index in [4.69, 9.17) is 0 Å². The minimum Gasteiger partial charge on any atom is -0.317 e. The van der Waals surface area contributed by atoms with Gasteiger partial charge in [-0.3, -0.25) is 4.90 Å². The third-order valence-electron chi connectivity index (χ3n) is 6.61. The van der Waals surface area contributed by atoms with Crippen molar-refractivity contribution >= 4 is 11.7 Å². The van der Waals surface area contributed by atoms with E-state index in [0.29, 0.717) is 50.2 Å². The summed E-state index contributed by atoms with van der Waals surface area (Å²) in [6.07, 6.45) is -3.65. The summed E-state index contributed by atoms with van der Waals surface area (Å²) in [6, 6.07) is 13.0. The number of aryl methyl sites for hydroxylation is 1. The summed E-state index contributed by atoms with van der Waals surface area (Å²) >= 11 is 0. The summed E-state index contributed by atoms with van der Waals surface area (Å²) in [5.41, 5.74) is 0.226. The molecular weight excluding hydrogens is 508 g/mol. The van der Waals surface area contributed by atoms with Gasteiger partial charge in [-0.15, -0.1) is 0 Å². The van der Waals surface area contributed by atoms with E-state index in [0.717, 1.165) is 11.6 Å². The molecule has 202 valence electrons. The van der Waals surface area contributed by atoms with Gasteiger partial charge in [0.2, 0.25) is 0 Å². The van der Waals surface area contributed by atoms with Crippen molar-refractivity contribution in [1.82, 2.24) is 9.80 Å². The van der Waals surface area contributed by atoms with Crippen molar-refractivity contribution in [3.63, 3.8) is 0 Å². The summed E-state index contributed by atoms with van der Waals surface area (Å²) in [6.45, 7) is 3.27. The molecule has 1 aliphatic heterocycles. The number of urea groups is 1. The van der Waals surface area contributed by atoms with Crippen LogP contribution < -0.4 is 5.32 Å². The lowest BCUT2D eigenvalue weighted by Crippen LogP contribution is -2.48. The van der Waals surface area contributed by atoms with Gasteiger partial charge in [-0.05, 0) is 60.7 Å². The summed E-state index contributed by atoms with van der Waals surface area (Å²) in [7, 11) is 0. The van der Waals surface area contributed by atoms with Gasteiger partial charge in [0.05, 0.1) is 5.56 Å². The van der Waals surface area contributed by atoms with Crippen molar-refractivity contribution in [2.24, 2.45) is 0 Å². The lowest BCUT2D eigenvalue weighted by molar-refractivity contribution is -0.137. The molecule has 10 heteroatoms. The van der Waals surface area contributed by atoms with Gasteiger partial charge < -0.3 is 10.2 Å². The van der Waals surface area contributed by atoms with E-state index in [9.17, 15) is 31.1 Å². The quantitative estimate of drug-likeness (QED) is 0.341. The second-order valence-corrected chi connectivity index (χ2v) is 9.49. The van der Waals surface area contributed by atoms with Gasteiger partial charge in [0.25, 0.3) is 0 Å². The van der Waals surface area contributed by atoms with Crippen molar-refractivity contribution in [3.8, 4) is 0 Å². The van der Waals surface area contributed by atoms with Gasteiger partial charge in [-0.25, -0.2) is 18.0 Å². The highest BCUT2D eigenvalue weighted by molar-refractivity contribution is 5.89. The Kier molecular flexibility index (Phi) is 8.30. The number of benzene rings is 3. The maximum absolute atomic E-state index is 13.9. The van der Waals surface area contributed by atoms with E-state index >= 15 is 0 Å². The summed E-state index contributed by atoms with van der Waals surface area (Å²) in [4.78, 5) is 16.9. The third kappa shape index (κ3) is 6.86. The van der Waals surface area contributed by atoms with Gasteiger partial charge in [0, 0.05) is 37.9 Å². The number of amides is 2. The fraction of sp³-hybridized carbons (Fsp3) is 0.321. The summed E-state index contributed by atoms with van der Waals surface area (Å²) in [5, 5.41) is 2.44. The molecule has 0 unspecified atom stereocenters. The average molecular weight is 536 g/mol. The van der Waals surface area contributed by atoms with E-state index in [2.05, 4.69) is 10.2 Å². The van der Waals surface area contributed by atoms with Crippen LogP contribution in [-0.2, 0) is 19.3 Å². The standard InChI is InChI=1S/C28H27F6N3O/c1-18-11-20(12-25(30)26(18)31)16-36-9-7-24(8-10-36)37(17-19-5-3-2-4-6-19)27(38)35-23-14-21(28(32,33)34)13-22(29)15-23/h2-6,11-15,24H,7-10,16-17H2,1H3,(H,35,38). The van der Waals surface area contributed by atoms with Crippen molar-refractivity contribution in [1.29, 1.82) is 0 Å². The summed E-state index contributed by atoms with van der Waals surface area (Å²) in [5.74, 6) is -2.87. The van der Waals surface area contributed by atoms with Crippen LogP contribution in [-0.4, -0.2) is 35.0 Å². The zero-order valence-corrected chi connectivity index (χ0v) is 20.7. The predicted molar refractivity (Wildman–Crippen MR) is 132 cm³/mol. The highest BCUT2D eigenvalue weighted by Crippen LogP contribution is 2.32. The number of hydrogen-bond acceptors (Lipinski definition) is 2. The molecular formula is C28H27F6N3O. The second kappa shape index (κ2) is 11.5. The van der Waals surface area contributed by atoms with Crippen LogP contribution in [0.5, 0.6) is 0 Å². The molecule has 0 bridgehead atoms. The Morgan fingerprint density at radius 1 is 0.974 bits per heavy atom. The van der Waals surface area contributed by atoms with Crippen LogP contribution in [0.2, 0.25) is 0 Å².